The topological polar surface area (TPSA) is 106 Å². The smallest absolute Gasteiger partial charge is 0.229 e. The molecule has 0 amide bonds. The van der Waals surface area contributed by atoms with Crippen LogP contribution in [0.2, 0.25) is 0 Å². The van der Waals surface area contributed by atoms with Crippen LogP contribution in [0.5, 0.6) is 0 Å². The van der Waals surface area contributed by atoms with Crippen molar-refractivity contribution in [2.75, 3.05) is 16.3 Å². The van der Waals surface area contributed by atoms with Crippen molar-refractivity contribution >= 4 is 21.4 Å². The molecule has 0 radical (unpaired) electrons. The van der Waals surface area contributed by atoms with Crippen molar-refractivity contribution < 1.29 is 8.42 Å². The van der Waals surface area contributed by atoms with E-state index in [1.807, 2.05) is 0 Å². The molecule has 0 spiro atoms. The molecule has 0 bridgehead atoms. The lowest BCUT2D eigenvalue weighted by atomic mass is 10.2. The Labute approximate surface area is 112 Å². The second-order valence-electron chi connectivity index (χ2n) is 3.83. The number of nitrogens with zero attached hydrogens (tertiary/aromatic N) is 2. The van der Waals surface area contributed by atoms with Gasteiger partial charge < -0.3 is 5.32 Å². The maximum Gasteiger partial charge on any atom is 0.229 e. The summed E-state index contributed by atoms with van der Waals surface area (Å²) in [5.74, 6) is 0. The largest absolute Gasteiger partial charge is 0.360 e. The van der Waals surface area contributed by atoms with E-state index in [4.69, 9.17) is 10.5 Å². The van der Waals surface area contributed by atoms with Gasteiger partial charge in [0.15, 0.2) is 0 Å². The Morgan fingerprint density at radius 1 is 1.32 bits per heavy atom. The monoisotopic (exact) mass is 276 g/mol. The van der Waals surface area contributed by atoms with E-state index >= 15 is 0 Å². The van der Waals surface area contributed by atoms with Crippen molar-refractivity contribution in [3.8, 4) is 12.1 Å². The molecule has 0 heterocycles. The molecule has 0 saturated carbocycles. The molecule has 0 atom stereocenters. The maximum atomic E-state index is 11.1. The fourth-order valence-electron chi connectivity index (χ4n) is 1.31. The summed E-state index contributed by atoms with van der Waals surface area (Å²) in [4.78, 5) is 0. The molecule has 0 fully saturated rings. The molecular formula is C12H12N4O2S. The average Bonchev–Trinajstić information content (AvgIpc) is 2.32. The highest BCUT2D eigenvalue weighted by Gasteiger charge is 2.05. The standard InChI is InChI=1S/C12H12N4O2S/c1-9-5-11(15-8-10(6-13)7-14)3-4-12(9)16-19(2,17)18/h3-5,8,15-16H,1-2H3. The number of benzene rings is 1. The van der Waals surface area contributed by atoms with E-state index in [0.29, 0.717) is 11.4 Å². The van der Waals surface area contributed by atoms with Crippen molar-refractivity contribution in [2.24, 2.45) is 0 Å². The van der Waals surface area contributed by atoms with Gasteiger partial charge in [0.25, 0.3) is 0 Å². The first kappa shape index (κ1) is 14.6. The van der Waals surface area contributed by atoms with Crippen molar-refractivity contribution in [2.45, 2.75) is 6.92 Å². The molecule has 0 aliphatic carbocycles. The molecule has 0 aliphatic heterocycles. The molecule has 0 aromatic heterocycles. The lowest BCUT2D eigenvalue weighted by molar-refractivity contribution is 0.607. The third-order valence-electron chi connectivity index (χ3n) is 2.15. The summed E-state index contributed by atoms with van der Waals surface area (Å²) in [7, 11) is -3.31. The zero-order valence-corrected chi connectivity index (χ0v) is 11.2. The van der Waals surface area contributed by atoms with Gasteiger partial charge in [0.05, 0.1) is 11.9 Å². The van der Waals surface area contributed by atoms with Gasteiger partial charge in [-0.15, -0.1) is 0 Å². The second kappa shape index (κ2) is 5.89. The minimum Gasteiger partial charge on any atom is -0.360 e. The van der Waals surface area contributed by atoms with Gasteiger partial charge in [-0.05, 0) is 30.7 Å². The number of hydrogen-bond acceptors (Lipinski definition) is 5. The number of nitriles is 2. The normalized spacial score (nSPS) is 9.89. The summed E-state index contributed by atoms with van der Waals surface area (Å²) in [6, 6.07) is 8.40. The fraction of sp³-hybridized carbons (Fsp3) is 0.167. The van der Waals surface area contributed by atoms with Crippen LogP contribution in [0.3, 0.4) is 0 Å². The Hall–Kier alpha value is -2.51. The van der Waals surface area contributed by atoms with Gasteiger partial charge in [0.2, 0.25) is 10.0 Å². The SMILES string of the molecule is Cc1cc(NC=C(C#N)C#N)ccc1NS(C)(=O)=O. The van der Waals surface area contributed by atoms with Crippen LogP contribution in [0, 0.1) is 29.6 Å². The van der Waals surface area contributed by atoms with E-state index in [-0.39, 0.29) is 5.57 Å². The molecule has 6 nitrogen and oxygen atoms in total. The summed E-state index contributed by atoms with van der Waals surface area (Å²) < 4.78 is 24.6. The van der Waals surface area contributed by atoms with Gasteiger partial charge >= 0.3 is 0 Å². The number of allylic oxidation sites excluding steroid dienone is 1. The quantitative estimate of drug-likeness (QED) is 0.814. The Morgan fingerprint density at radius 3 is 2.42 bits per heavy atom. The number of sulfonamides is 1. The van der Waals surface area contributed by atoms with Crippen LogP contribution in [0.4, 0.5) is 11.4 Å². The summed E-state index contributed by atoms with van der Waals surface area (Å²) in [5, 5.41) is 19.9. The first-order valence-electron chi connectivity index (χ1n) is 5.21. The lowest BCUT2D eigenvalue weighted by Gasteiger charge is -2.09. The average molecular weight is 276 g/mol. The van der Waals surface area contributed by atoms with E-state index in [2.05, 4.69) is 10.0 Å². The fourth-order valence-corrected chi connectivity index (χ4v) is 1.94. The zero-order chi connectivity index (χ0) is 14.5. The highest BCUT2D eigenvalue weighted by molar-refractivity contribution is 7.92. The van der Waals surface area contributed by atoms with Gasteiger partial charge in [-0.2, -0.15) is 10.5 Å². The first-order valence-corrected chi connectivity index (χ1v) is 7.10. The molecule has 7 heteroatoms. The summed E-state index contributed by atoms with van der Waals surface area (Å²) in [6.07, 6.45) is 2.37. The maximum absolute atomic E-state index is 11.1. The van der Waals surface area contributed by atoms with Crippen LogP contribution in [-0.2, 0) is 10.0 Å². The molecule has 1 aromatic rings. The minimum absolute atomic E-state index is 0.0454. The van der Waals surface area contributed by atoms with Crippen LogP contribution in [0.1, 0.15) is 5.56 Å². The Kier molecular flexibility index (Phi) is 4.51. The van der Waals surface area contributed by atoms with E-state index in [1.165, 1.54) is 6.20 Å². The minimum atomic E-state index is -3.31. The van der Waals surface area contributed by atoms with Crippen molar-refractivity contribution in [3.05, 3.63) is 35.5 Å². The molecule has 19 heavy (non-hydrogen) atoms. The predicted molar refractivity (Wildman–Crippen MR) is 72.6 cm³/mol. The highest BCUT2D eigenvalue weighted by atomic mass is 32.2. The second-order valence-corrected chi connectivity index (χ2v) is 5.58. The highest BCUT2D eigenvalue weighted by Crippen LogP contribution is 2.20. The van der Waals surface area contributed by atoms with Gasteiger partial charge in [0.1, 0.15) is 17.7 Å². The van der Waals surface area contributed by atoms with Gasteiger partial charge in [-0.25, -0.2) is 8.42 Å². The van der Waals surface area contributed by atoms with Crippen LogP contribution < -0.4 is 10.0 Å². The molecule has 2 N–H and O–H groups in total. The summed E-state index contributed by atoms with van der Waals surface area (Å²) >= 11 is 0. The molecule has 0 unspecified atom stereocenters. The van der Waals surface area contributed by atoms with Crippen LogP contribution in [0.25, 0.3) is 0 Å². The van der Waals surface area contributed by atoms with Crippen LogP contribution in [-0.4, -0.2) is 14.7 Å². The Morgan fingerprint density at radius 2 is 1.95 bits per heavy atom. The molecular weight excluding hydrogens is 264 g/mol. The Bertz CT molecular complexity index is 677. The third-order valence-corrected chi connectivity index (χ3v) is 2.74. The number of hydrogen-bond donors (Lipinski definition) is 2. The molecule has 1 aromatic carbocycles. The number of rotatable bonds is 4. The Balaban J connectivity index is 2.93. The number of aryl methyl sites for hydroxylation is 1. The van der Waals surface area contributed by atoms with Gasteiger partial charge in [-0.1, -0.05) is 0 Å². The van der Waals surface area contributed by atoms with Crippen molar-refractivity contribution in [1.82, 2.24) is 0 Å². The molecule has 0 saturated heterocycles. The van der Waals surface area contributed by atoms with Crippen molar-refractivity contribution in [3.63, 3.8) is 0 Å². The zero-order valence-electron chi connectivity index (χ0n) is 10.4. The number of anilines is 2. The van der Waals surface area contributed by atoms with Gasteiger partial charge in [0, 0.05) is 11.9 Å². The van der Waals surface area contributed by atoms with E-state index in [0.717, 1.165) is 11.8 Å². The molecule has 98 valence electrons. The lowest BCUT2D eigenvalue weighted by Crippen LogP contribution is -2.10. The first-order chi connectivity index (χ1) is 8.85. The van der Waals surface area contributed by atoms with Crippen LogP contribution >= 0.6 is 0 Å². The summed E-state index contributed by atoms with van der Waals surface area (Å²) in [5.41, 5.74) is 1.81. The molecule has 0 aliphatic rings. The number of nitrogens with one attached hydrogen (secondary N) is 2. The van der Waals surface area contributed by atoms with E-state index in [1.54, 1.807) is 37.3 Å². The molecule has 1 rings (SSSR count). The van der Waals surface area contributed by atoms with E-state index in [9.17, 15) is 8.42 Å². The van der Waals surface area contributed by atoms with Crippen molar-refractivity contribution in [1.29, 1.82) is 10.5 Å². The third kappa shape index (κ3) is 4.70. The predicted octanol–water partition coefficient (Wildman–Crippen LogP) is 1.71. The van der Waals surface area contributed by atoms with E-state index < -0.39 is 10.0 Å². The van der Waals surface area contributed by atoms with Crippen LogP contribution in [0.15, 0.2) is 30.0 Å². The van der Waals surface area contributed by atoms with Gasteiger partial charge in [-0.3, -0.25) is 4.72 Å². The summed E-state index contributed by atoms with van der Waals surface area (Å²) in [6.45, 7) is 1.75.